The Bertz CT molecular complexity index is 767. The lowest BCUT2D eigenvalue weighted by atomic mass is 9.98. The average Bonchev–Trinajstić information content (AvgIpc) is 2.69. The van der Waals surface area contributed by atoms with E-state index in [9.17, 15) is 4.79 Å². The van der Waals surface area contributed by atoms with E-state index in [2.05, 4.69) is 59.1 Å². The highest BCUT2D eigenvalue weighted by Crippen LogP contribution is 2.27. The summed E-state index contributed by atoms with van der Waals surface area (Å²) in [4.78, 5) is 21.9. The maximum atomic E-state index is 12.9. The maximum Gasteiger partial charge on any atom is 0.241 e. The van der Waals surface area contributed by atoms with Crippen LogP contribution in [0.3, 0.4) is 0 Å². The molecule has 0 spiro atoms. The van der Waals surface area contributed by atoms with Gasteiger partial charge in [0.15, 0.2) is 0 Å². The van der Waals surface area contributed by atoms with Crippen molar-refractivity contribution in [3.63, 3.8) is 0 Å². The highest BCUT2D eigenvalue weighted by molar-refractivity contribution is 5.96. The van der Waals surface area contributed by atoms with Crippen LogP contribution in [0.2, 0.25) is 0 Å². The lowest BCUT2D eigenvalue weighted by Crippen LogP contribution is -2.53. The first-order chi connectivity index (χ1) is 13.0. The van der Waals surface area contributed by atoms with Crippen molar-refractivity contribution in [3.8, 4) is 0 Å². The van der Waals surface area contributed by atoms with Crippen molar-refractivity contribution in [1.29, 1.82) is 0 Å². The summed E-state index contributed by atoms with van der Waals surface area (Å²) < 4.78 is 0. The number of aryl methyl sites for hydroxylation is 1. The molecule has 0 saturated carbocycles. The Hall–Kier alpha value is -2.40. The van der Waals surface area contributed by atoms with Crippen molar-refractivity contribution in [3.05, 3.63) is 53.7 Å². The Kier molecular flexibility index (Phi) is 6.11. The second kappa shape index (κ2) is 8.53. The van der Waals surface area contributed by atoms with Gasteiger partial charge >= 0.3 is 0 Å². The van der Waals surface area contributed by atoms with Crippen molar-refractivity contribution >= 4 is 17.4 Å². The van der Waals surface area contributed by atoms with Crippen LogP contribution < -0.4 is 10.2 Å². The number of carbonyl (C=O) groups excluding carboxylic acids is 1. The highest BCUT2D eigenvalue weighted by atomic mass is 16.2. The van der Waals surface area contributed by atoms with E-state index in [4.69, 9.17) is 0 Å². The van der Waals surface area contributed by atoms with Crippen molar-refractivity contribution < 1.29 is 4.79 Å². The third-order valence-corrected chi connectivity index (χ3v) is 5.39. The van der Waals surface area contributed by atoms with E-state index in [1.165, 1.54) is 5.56 Å². The van der Waals surface area contributed by atoms with Crippen molar-refractivity contribution in [2.75, 3.05) is 36.4 Å². The Morgan fingerprint density at radius 3 is 2.41 bits per heavy atom. The van der Waals surface area contributed by atoms with Crippen LogP contribution in [0.1, 0.15) is 37.8 Å². The molecule has 2 heterocycles. The molecule has 1 atom stereocenters. The number of hydrogen-bond donors (Lipinski definition) is 1. The number of pyridine rings is 1. The molecule has 5 nitrogen and oxygen atoms in total. The first-order valence-electron chi connectivity index (χ1n) is 9.77. The van der Waals surface area contributed by atoms with Crippen LogP contribution in [0.15, 0.2) is 42.6 Å². The quantitative estimate of drug-likeness (QED) is 0.877. The minimum atomic E-state index is -0.157. The van der Waals surface area contributed by atoms with Gasteiger partial charge in [0.05, 0.1) is 6.04 Å². The maximum absolute atomic E-state index is 12.9. The fourth-order valence-electron chi connectivity index (χ4n) is 3.61. The Morgan fingerprint density at radius 2 is 1.78 bits per heavy atom. The summed E-state index contributed by atoms with van der Waals surface area (Å²) in [5.41, 5.74) is 3.27. The third kappa shape index (κ3) is 4.48. The van der Waals surface area contributed by atoms with Gasteiger partial charge in [-0.25, -0.2) is 4.98 Å². The predicted octanol–water partition coefficient (Wildman–Crippen LogP) is 3.66. The molecule has 1 aliphatic heterocycles. The summed E-state index contributed by atoms with van der Waals surface area (Å²) in [5, 5.41) is 3.19. The molecule has 0 radical (unpaired) electrons. The van der Waals surface area contributed by atoms with E-state index in [0.29, 0.717) is 5.92 Å². The summed E-state index contributed by atoms with van der Waals surface area (Å²) >= 11 is 0. The van der Waals surface area contributed by atoms with Crippen LogP contribution in [-0.4, -0.2) is 48.0 Å². The van der Waals surface area contributed by atoms with Crippen LogP contribution in [0.5, 0.6) is 0 Å². The lowest BCUT2D eigenvalue weighted by molar-refractivity contribution is -0.120. The molecular formula is C22H30N4O. The van der Waals surface area contributed by atoms with E-state index in [1.54, 1.807) is 0 Å². The number of aromatic nitrogens is 1. The molecule has 1 fully saturated rings. The van der Waals surface area contributed by atoms with Gasteiger partial charge in [-0.2, -0.15) is 0 Å². The standard InChI is InChI=1S/C22H30N4O/c1-16(2)19-9-7-8-17(3)21(19)24-22(27)18(4)25-12-14-26(15-13-25)20-10-5-6-11-23-20/h5-11,16,18H,12-15H2,1-4H3,(H,24,27)/t18-/m0/s1. The lowest BCUT2D eigenvalue weighted by Gasteiger charge is -2.38. The average molecular weight is 367 g/mol. The molecule has 3 rings (SSSR count). The monoisotopic (exact) mass is 366 g/mol. The molecular weight excluding hydrogens is 336 g/mol. The minimum Gasteiger partial charge on any atom is -0.354 e. The molecule has 1 aromatic carbocycles. The zero-order chi connectivity index (χ0) is 19.4. The summed E-state index contributed by atoms with van der Waals surface area (Å²) in [6, 6.07) is 12.0. The SMILES string of the molecule is Cc1cccc(C(C)C)c1NC(=O)[C@H](C)N1CCN(c2ccccn2)CC1. The van der Waals surface area contributed by atoms with Crippen LogP contribution in [0, 0.1) is 6.92 Å². The molecule has 0 bridgehead atoms. The minimum absolute atomic E-state index is 0.0671. The molecule has 1 saturated heterocycles. The smallest absolute Gasteiger partial charge is 0.241 e. The fourth-order valence-corrected chi connectivity index (χ4v) is 3.61. The largest absolute Gasteiger partial charge is 0.354 e. The van der Waals surface area contributed by atoms with Crippen LogP contribution in [0.4, 0.5) is 11.5 Å². The number of hydrogen-bond acceptors (Lipinski definition) is 4. The van der Waals surface area contributed by atoms with Crippen molar-refractivity contribution in [2.45, 2.75) is 39.7 Å². The number of anilines is 2. The van der Waals surface area contributed by atoms with Gasteiger partial charge in [0.2, 0.25) is 5.91 Å². The second-order valence-electron chi connectivity index (χ2n) is 7.57. The normalized spacial score (nSPS) is 16.4. The topological polar surface area (TPSA) is 48.5 Å². The summed E-state index contributed by atoms with van der Waals surface area (Å²) in [7, 11) is 0. The molecule has 1 amide bonds. The number of amides is 1. The van der Waals surface area contributed by atoms with Crippen LogP contribution in [-0.2, 0) is 4.79 Å². The molecule has 5 heteroatoms. The van der Waals surface area contributed by atoms with E-state index in [1.807, 2.05) is 31.3 Å². The molecule has 0 aliphatic carbocycles. The summed E-state index contributed by atoms with van der Waals surface area (Å²) in [6.45, 7) is 11.9. The Morgan fingerprint density at radius 1 is 1.04 bits per heavy atom. The van der Waals surface area contributed by atoms with E-state index in [-0.39, 0.29) is 11.9 Å². The summed E-state index contributed by atoms with van der Waals surface area (Å²) in [5.74, 6) is 1.45. The van der Waals surface area contributed by atoms with Gasteiger partial charge in [-0.15, -0.1) is 0 Å². The van der Waals surface area contributed by atoms with Gasteiger partial charge < -0.3 is 10.2 Å². The molecule has 0 unspecified atom stereocenters. The van der Waals surface area contributed by atoms with Gasteiger partial charge in [0.1, 0.15) is 5.82 Å². The van der Waals surface area contributed by atoms with E-state index in [0.717, 1.165) is 43.2 Å². The number of carbonyl (C=O) groups is 1. The predicted molar refractivity (Wildman–Crippen MR) is 111 cm³/mol. The van der Waals surface area contributed by atoms with Gasteiger partial charge in [-0.05, 0) is 43.0 Å². The van der Waals surface area contributed by atoms with Gasteiger partial charge in [-0.3, -0.25) is 9.69 Å². The first-order valence-corrected chi connectivity index (χ1v) is 9.77. The van der Waals surface area contributed by atoms with Gasteiger partial charge in [0.25, 0.3) is 0 Å². The third-order valence-electron chi connectivity index (χ3n) is 5.39. The van der Waals surface area contributed by atoms with Crippen LogP contribution in [0.25, 0.3) is 0 Å². The zero-order valence-electron chi connectivity index (χ0n) is 16.8. The highest BCUT2D eigenvalue weighted by Gasteiger charge is 2.26. The van der Waals surface area contributed by atoms with E-state index < -0.39 is 0 Å². The molecule has 2 aromatic rings. The zero-order valence-corrected chi connectivity index (χ0v) is 16.8. The molecule has 1 N–H and O–H groups in total. The second-order valence-corrected chi connectivity index (χ2v) is 7.57. The first kappa shape index (κ1) is 19.4. The van der Waals surface area contributed by atoms with Crippen LogP contribution >= 0.6 is 0 Å². The number of nitrogens with zero attached hydrogens (tertiary/aromatic N) is 3. The molecule has 27 heavy (non-hydrogen) atoms. The number of benzene rings is 1. The van der Waals surface area contributed by atoms with Crippen molar-refractivity contribution in [2.24, 2.45) is 0 Å². The number of rotatable bonds is 5. The number of nitrogens with one attached hydrogen (secondary N) is 1. The van der Waals surface area contributed by atoms with Crippen molar-refractivity contribution in [1.82, 2.24) is 9.88 Å². The summed E-state index contributed by atoms with van der Waals surface area (Å²) in [6.07, 6.45) is 1.83. The molecule has 1 aromatic heterocycles. The fraction of sp³-hybridized carbons (Fsp3) is 0.455. The Balaban J connectivity index is 1.62. The molecule has 144 valence electrons. The van der Waals surface area contributed by atoms with Gasteiger partial charge in [-0.1, -0.05) is 38.1 Å². The Labute approximate surface area is 162 Å². The number of para-hydroxylation sites is 1. The number of piperazine rings is 1. The van der Waals surface area contributed by atoms with Gasteiger partial charge in [0, 0.05) is 38.1 Å². The van der Waals surface area contributed by atoms with E-state index >= 15 is 0 Å². The molecule has 1 aliphatic rings.